The average Bonchev–Trinajstić information content (AvgIpc) is 2.86. The monoisotopic (exact) mass is 509 g/mol. The largest absolute Gasteiger partial charge is 0.491 e. The summed E-state index contributed by atoms with van der Waals surface area (Å²) in [5.41, 5.74) is 2.81. The molecule has 1 aromatic heterocycles. The minimum absolute atomic E-state index is 0.0623. The molecule has 0 spiro atoms. The van der Waals surface area contributed by atoms with E-state index in [1.54, 1.807) is 16.7 Å². The van der Waals surface area contributed by atoms with Gasteiger partial charge in [0, 0.05) is 48.0 Å². The Morgan fingerprint density at radius 3 is 2.58 bits per heavy atom. The number of hydrogen-bond acceptors (Lipinski definition) is 6. The van der Waals surface area contributed by atoms with Gasteiger partial charge in [-0.1, -0.05) is 23.7 Å². The maximum Gasteiger partial charge on any atom is 0.258 e. The fourth-order valence-corrected chi connectivity index (χ4v) is 4.39. The number of hydrogen-bond donors (Lipinski definition) is 1. The van der Waals surface area contributed by atoms with Gasteiger partial charge in [-0.25, -0.2) is 4.98 Å². The van der Waals surface area contributed by atoms with Crippen LogP contribution < -0.4 is 15.6 Å². The molecule has 0 saturated carbocycles. The third-order valence-corrected chi connectivity index (χ3v) is 6.46. The van der Waals surface area contributed by atoms with Gasteiger partial charge in [-0.3, -0.25) is 14.2 Å². The molecule has 0 unspecified atom stereocenters. The lowest BCUT2D eigenvalue weighted by atomic mass is 9.92. The van der Waals surface area contributed by atoms with Crippen molar-refractivity contribution in [2.75, 3.05) is 18.5 Å². The molecular formula is C28H32ClN3O4. The normalized spacial score (nSPS) is 14.1. The van der Waals surface area contributed by atoms with E-state index in [0.29, 0.717) is 42.6 Å². The molecule has 7 nitrogen and oxygen atoms in total. The SMILES string of the molecule is Cc1cc(Nc2ncc(CC(=O)C3CCOCC3)c(=O)n2Cc2ccc(Cl)cc2)ccc1OC(C)C. The van der Waals surface area contributed by atoms with Gasteiger partial charge in [0.25, 0.3) is 5.56 Å². The number of nitrogens with one attached hydrogen (secondary N) is 1. The average molecular weight is 510 g/mol. The molecule has 0 radical (unpaired) electrons. The van der Waals surface area contributed by atoms with E-state index >= 15 is 0 Å². The van der Waals surface area contributed by atoms with E-state index in [9.17, 15) is 9.59 Å². The third kappa shape index (κ3) is 6.53. The second-order valence-electron chi connectivity index (χ2n) is 9.43. The predicted molar refractivity (Wildman–Crippen MR) is 142 cm³/mol. The highest BCUT2D eigenvalue weighted by atomic mass is 35.5. The van der Waals surface area contributed by atoms with Crippen molar-refractivity contribution >= 4 is 29.0 Å². The molecule has 190 valence electrons. The highest BCUT2D eigenvalue weighted by molar-refractivity contribution is 6.30. The van der Waals surface area contributed by atoms with Crippen LogP contribution in [0.5, 0.6) is 5.75 Å². The third-order valence-electron chi connectivity index (χ3n) is 6.21. The lowest BCUT2D eigenvalue weighted by Gasteiger charge is -2.21. The van der Waals surface area contributed by atoms with Gasteiger partial charge < -0.3 is 14.8 Å². The van der Waals surface area contributed by atoms with Crippen molar-refractivity contribution in [1.82, 2.24) is 9.55 Å². The number of ether oxygens (including phenoxy) is 2. The highest BCUT2D eigenvalue weighted by Crippen LogP contribution is 2.25. The first-order valence-electron chi connectivity index (χ1n) is 12.3. The first kappa shape index (κ1) is 25.9. The van der Waals surface area contributed by atoms with Gasteiger partial charge >= 0.3 is 0 Å². The van der Waals surface area contributed by atoms with Crippen LogP contribution in [-0.2, 0) is 22.5 Å². The molecule has 2 heterocycles. The number of halogens is 1. The van der Waals surface area contributed by atoms with E-state index < -0.39 is 0 Å². The highest BCUT2D eigenvalue weighted by Gasteiger charge is 2.23. The first-order chi connectivity index (χ1) is 17.3. The fourth-order valence-electron chi connectivity index (χ4n) is 4.27. The minimum Gasteiger partial charge on any atom is -0.491 e. The molecule has 8 heteroatoms. The molecule has 1 aliphatic rings. The zero-order valence-corrected chi connectivity index (χ0v) is 21.7. The molecule has 36 heavy (non-hydrogen) atoms. The summed E-state index contributed by atoms with van der Waals surface area (Å²) >= 11 is 6.05. The molecule has 1 aliphatic heterocycles. The second-order valence-corrected chi connectivity index (χ2v) is 9.86. The molecule has 3 aromatic rings. The second kappa shape index (κ2) is 11.7. The number of anilines is 2. The van der Waals surface area contributed by atoms with Gasteiger partial charge in [0.15, 0.2) is 0 Å². The lowest BCUT2D eigenvalue weighted by molar-refractivity contribution is -0.125. The van der Waals surface area contributed by atoms with Crippen molar-refractivity contribution in [3.05, 3.63) is 80.7 Å². The summed E-state index contributed by atoms with van der Waals surface area (Å²) in [5.74, 6) is 1.20. The summed E-state index contributed by atoms with van der Waals surface area (Å²) in [6.45, 7) is 7.40. The Bertz CT molecular complexity index is 1260. The van der Waals surface area contributed by atoms with Crippen LogP contribution in [0.2, 0.25) is 5.02 Å². The summed E-state index contributed by atoms with van der Waals surface area (Å²) in [7, 11) is 0. The Kier molecular flexibility index (Phi) is 8.44. The molecule has 0 bridgehead atoms. The van der Waals surface area contributed by atoms with Crippen LogP contribution in [0, 0.1) is 12.8 Å². The molecule has 0 atom stereocenters. The van der Waals surface area contributed by atoms with Crippen molar-refractivity contribution in [3.63, 3.8) is 0 Å². The number of Topliss-reactive ketones (excluding diaryl/α,β-unsaturated/α-hetero) is 1. The topological polar surface area (TPSA) is 82.5 Å². The van der Waals surface area contributed by atoms with E-state index in [2.05, 4.69) is 10.3 Å². The van der Waals surface area contributed by atoms with Crippen LogP contribution in [0.25, 0.3) is 0 Å². The summed E-state index contributed by atoms with van der Waals surface area (Å²) < 4.78 is 12.8. The number of benzene rings is 2. The summed E-state index contributed by atoms with van der Waals surface area (Å²) in [5, 5.41) is 3.90. The maximum absolute atomic E-state index is 13.6. The van der Waals surface area contributed by atoms with E-state index in [1.807, 2.05) is 51.1 Å². The first-order valence-corrected chi connectivity index (χ1v) is 12.7. The van der Waals surface area contributed by atoms with E-state index in [0.717, 1.165) is 22.6 Å². The molecule has 0 amide bonds. The Hall–Kier alpha value is -3.16. The fraction of sp³-hybridized carbons (Fsp3) is 0.393. The smallest absolute Gasteiger partial charge is 0.258 e. The molecule has 0 aliphatic carbocycles. The van der Waals surface area contributed by atoms with Crippen molar-refractivity contribution in [3.8, 4) is 5.75 Å². The molecule has 1 fully saturated rings. The number of rotatable bonds is 9. The molecular weight excluding hydrogens is 478 g/mol. The molecule has 2 aromatic carbocycles. The van der Waals surface area contributed by atoms with Crippen molar-refractivity contribution < 1.29 is 14.3 Å². The quantitative estimate of drug-likeness (QED) is 0.420. The van der Waals surface area contributed by atoms with Crippen molar-refractivity contribution in [2.24, 2.45) is 5.92 Å². The van der Waals surface area contributed by atoms with E-state index in [-0.39, 0.29) is 36.3 Å². The Balaban J connectivity index is 1.64. The minimum atomic E-state index is -0.237. The van der Waals surface area contributed by atoms with Gasteiger partial charge in [0.2, 0.25) is 5.95 Å². The van der Waals surface area contributed by atoms with Crippen LogP contribution in [0.3, 0.4) is 0 Å². The van der Waals surface area contributed by atoms with Gasteiger partial charge in [0.1, 0.15) is 11.5 Å². The van der Waals surface area contributed by atoms with Crippen LogP contribution in [-0.4, -0.2) is 34.7 Å². The molecule has 1 N–H and O–H groups in total. The Morgan fingerprint density at radius 1 is 1.19 bits per heavy atom. The van der Waals surface area contributed by atoms with Gasteiger partial charge in [-0.05, 0) is 75.1 Å². The maximum atomic E-state index is 13.6. The van der Waals surface area contributed by atoms with E-state index in [1.165, 1.54) is 6.20 Å². The number of carbonyl (C=O) groups is 1. The van der Waals surface area contributed by atoms with Crippen LogP contribution in [0.1, 0.15) is 43.4 Å². The summed E-state index contributed by atoms with van der Waals surface area (Å²) in [6.07, 6.45) is 3.05. The number of ketones is 1. The number of nitrogens with zero attached hydrogens (tertiary/aromatic N) is 2. The number of aromatic nitrogens is 2. The van der Waals surface area contributed by atoms with Crippen molar-refractivity contribution in [1.29, 1.82) is 0 Å². The van der Waals surface area contributed by atoms with Gasteiger partial charge in [-0.2, -0.15) is 0 Å². The Labute approximate surface area is 216 Å². The number of aryl methyl sites for hydroxylation is 1. The van der Waals surface area contributed by atoms with E-state index in [4.69, 9.17) is 21.1 Å². The van der Waals surface area contributed by atoms with Crippen LogP contribution in [0.15, 0.2) is 53.5 Å². The summed E-state index contributed by atoms with van der Waals surface area (Å²) in [6, 6.07) is 13.1. The van der Waals surface area contributed by atoms with Crippen LogP contribution >= 0.6 is 11.6 Å². The predicted octanol–water partition coefficient (Wildman–Crippen LogP) is 5.32. The standard InChI is InChI=1S/C28H32ClN3O4/c1-18(2)36-26-9-8-24(14-19(26)3)31-28-30-16-22(15-25(33)21-10-12-35-13-11-21)27(34)32(28)17-20-4-6-23(29)7-5-20/h4-9,14,16,18,21H,10-13,15,17H2,1-3H3,(H,30,31). The lowest BCUT2D eigenvalue weighted by Crippen LogP contribution is -2.31. The van der Waals surface area contributed by atoms with Gasteiger partial charge in [0.05, 0.1) is 12.6 Å². The molecule has 4 rings (SSSR count). The van der Waals surface area contributed by atoms with Crippen molar-refractivity contribution in [2.45, 2.75) is 52.7 Å². The van der Waals surface area contributed by atoms with Crippen LogP contribution in [0.4, 0.5) is 11.6 Å². The zero-order chi connectivity index (χ0) is 25.7. The Morgan fingerprint density at radius 2 is 1.92 bits per heavy atom. The molecule has 1 saturated heterocycles. The zero-order valence-electron chi connectivity index (χ0n) is 20.9. The van der Waals surface area contributed by atoms with Gasteiger partial charge in [-0.15, -0.1) is 0 Å². The number of carbonyl (C=O) groups excluding carboxylic acids is 1. The summed E-state index contributed by atoms with van der Waals surface area (Å²) in [4.78, 5) is 31.0.